The van der Waals surface area contributed by atoms with Crippen molar-refractivity contribution in [2.75, 3.05) is 0 Å². The molecule has 0 atom stereocenters. The molecular formula is C22H27ClO. The summed E-state index contributed by atoms with van der Waals surface area (Å²) in [5, 5.41) is 0.735. The van der Waals surface area contributed by atoms with Crippen LogP contribution in [0, 0.1) is 16.7 Å². The maximum absolute atomic E-state index is 11.9. The van der Waals surface area contributed by atoms with Gasteiger partial charge in [0.2, 0.25) is 0 Å². The molecule has 0 aromatic heterocycles. The quantitative estimate of drug-likeness (QED) is 0.561. The molecule has 0 N–H and O–H groups in total. The van der Waals surface area contributed by atoms with Gasteiger partial charge >= 0.3 is 0 Å². The van der Waals surface area contributed by atoms with E-state index in [0.29, 0.717) is 0 Å². The molecule has 0 unspecified atom stereocenters. The van der Waals surface area contributed by atoms with Crippen LogP contribution < -0.4 is 0 Å². The van der Waals surface area contributed by atoms with Crippen molar-refractivity contribution in [1.82, 2.24) is 0 Å². The van der Waals surface area contributed by atoms with E-state index in [0.717, 1.165) is 22.4 Å². The highest BCUT2D eigenvalue weighted by Gasteiger charge is 2.35. The standard InChI is InChI=1S/C22H27ClO/c1-21(2,3)19-12-16(11-15-7-9-17(23)10-8-15)13-20(18(19)14-24)22(4,5)6/h7-14,18H,1-6H3. The normalized spacial score (nSPS) is 18.8. The van der Waals surface area contributed by atoms with Gasteiger partial charge in [0.15, 0.2) is 0 Å². The first-order valence-corrected chi connectivity index (χ1v) is 8.77. The lowest BCUT2D eigenvalue weighted by atomic mass is 9.67. The minimum Gasteiger partial charge on any atom is -0.302 e. The van der Waals surface area contributed by atoms with E-state index in [1.165, 1.54) is 11.1 Å². The molecule has 24 heavy (non-hydrogen) atoms. The van der Waals surface area contributed by atoms with Crippen LogP contribution in [0.3, 0.4) is 0 Å². The van der Waals surface area contributed by atoms with E-state index >= 15 is 0 Å². The van der Waals surface area contributed by atoms with Crippen molar-refractivity contribution in [1.29, 1.82) is 0 Å². The number of hydrogen-bond donors (Lipinski definition) is 0. The Balaban J connectivity index is 2.59. The van der Waals surface area contributed by atoms with Gasteiger partial charge in [0.25, 0.3) is 0 Å². The van der Waals surface area contributed by atoms with E-state index in [9.17, 15) is 4.79 Å². The zero-order valence-corrected chi connectivity index (χ0v) is 16.2. The van der Waals surface area contributed by atoms with Crippen molar-refractivity contribution in [2.24, 2.45) is 16.7 Å². The third kappa shape index (κ3) is 4.27. The molecule has 128 valence electrons. The maximum Gasteiger partial charge on any atom is 0.131 e. The van der Waals surface area contributed by atoms with E-state index < -0.39 is 0 Å². The van der Waals surface area contributed by atoms with Gasteiger partial charge in [-0.1, -0.05) is 77.4 Å². The number of carbonyl (C=O) groups is 1. The van der Waals surface area contributed by atoms with Gasteiger partial charge in [-0.2, -0.15) is 0 Å². The molecule has 2 rings (SSSR count). The smallest absolute Gasteiger partial charge is 0.131 e. The molecule has 2 heteroatoms. The van der Waals surface area contributed by atoms with E-state index in [1.807, 2.05) is 24.3 Å². The lowest BCUT2D eigenvalue weighted by Crippen LogP contribution is -2.28. The van der Waals surface area contributed by atoms with E-state index in [1.54, 1.807) is 0 Å². The van der Waals surface area contributed by atoms with Gasteiger partial charge in [0.05, 0.1) is 5.92 Å². The van der Waals surface area contributed by atoms with Crippen LogP contribution in [0.25, 0.3) is 6.08 Å². The lowest BCUT2D eigenvalue weighted by molar-refractivity contribution is -0.109. The van der Waals surface area contributed by atoms with Crippen LogP contribution in [-0.2, 0) is 4.79 Å². The van der Waals surface area contributed by atoms with Gasteiger partial charge in [0.1, 0.15) is 6.29 Å². The van der Waals surface area contributed by atoms with Crippen LogP contribution >= 0.6 is 11.6 Å². The van der Waals surface area contributed by atoms with Crippen molar-refractivity contribution >= 4 is 24.0 Å². The maximum atomic E-state index is 11.9. The van der Waals surface area contributed by atoms with Crippen LogP contribution in [0.5, 0.6) is 0 Å². The molecule has 0 amide bonds. The number of halogens is 1. The van der Waals surface area contributed by atoms with E-state index in [-0.39, 0.29) is 16.7 Å². The molecule has 0 heterocycles. The zero-order chi connectivity index (χ0) is 18.1. The number of aldehydes is 1. The molecule has 1 aliphatic rings. The summed E-state index contributed by atoms with van der Waals surface area (Å²) in [4.78, 5) is 11.9. The van der Waals surface area contributed by atoms with E-state index in [2.05, 4.69) is 59.8 Å². The molecule has 1 aromatic rings. The second-order valence-corrected chi connectivity index (χ2v) is 8.95. The first kappa shape index (κ1) is 18.7. The van der Waals surface area contributed by atoms with Gasteiger partial charge in [-0.15, -0.1) is 0 Å². The number of allylic oxidation sites excluding steroid dienone is 5. The molecule has 1 aromatic carbocycles. The Kier molecular flexibility index (Phi) is 5.25. The Bertz CT molecular complexity index is 670. The summed E-state index contributed by atoms with van der Waals surface area (Å²) >= 11 is 5.97. The highest BCUT2D eigenvalue weighted by molar-refractivity contribution is 6.30. The Morgan fingerprint density at radius 2 is 1.33 bits per heavy atom. The predicted octanol–water partition coefficient (Wildman–Crippen LogP) is 6.50. The Labute approximate surface area is 151 Å². The molecule has 0 aliphatic heterocycles. The predicted molar refractivity (Wildman–Crippen MR) is 104 cm³/mol. The second kappa shape index (κ2) is 6.72. The fourth-order valence-corrected chi connectivity index (χ4v) is 3.22. The van der Waals surface area contributed by atoms with Gasteiger partial charge in [-0.3, -0.25) is 0 Å². The Morgan fingerprint density at radius 3 is 1.71 bits per heavy atom. The third-order valence-electron chi connectivity index (χ3n) is 4.39. The van der Waals surface area contributed by atoms with E-state index in [4.69, 9.17) is 11.6 Å². The monoisotopic (exact) mass is 342 g/mol. The minimum absolute atomic E-state index is 0.0601. The number of carbonyl (C=O) groups excluding carboxylic acids is 1. The fourth-order valence-electron chi connectivity index (χ4n) is 3.10. The van der Waals surface area contributed by atoms with Crippen molar-refractivity contribution in [3.63, 3.8) is 0 Å². The van der Waals surface area contributed by atoms with Crippen molar-refractivity contribution in [3.05, 3.63) is 63.7 Å². The summed E-state index contributed by atoms with van der Waals surface area (Å²) in [5.41, 5.74) is 4.46. The molecule has 0 spiro atoms. The number of benzene rings is 1. The SMILES string of the molecule is CC(C)(C)C1=CC(=Cc2ccc(Cl)cc2)C=C(C(C)(C)C)C1C=O. The van der Waals surface area contributed by atoms with Crippen LogP contribution in [0.15, 0.2) is 53.1 Å². The average molecular weight is 343 g/mol. The van der Waals surface area contributed by atoms with Crippen LogP contribution in [-0.4, -0.2) is 6.29 Å². The first-order chi connectivity index (χ1) is 11.0. The van der Waals surface area contributed by atoms with Crippen molar-refractivity contribution in [2.45, 2.75) is 41.5 Å². The van der Waals surface area contributed by atoms with Gasteiger partial charge in [0, 0.05) is 5.02 Å². The molecule has 0 bridgehead atoms. The van der Waals surface area contributed by atoms with Crippen molar-refractivity contribution in [3.8, 4) is 0 Å². The molecule has 0 fully saturated rings. The molecule has 1 nitrogen and oxygen atoms in total. The summed E-state index contributed by atoms with van der Waals surface area (Å²) in [6.07, 6.45) is 7.58. The largest absolute Gasteiger partial charge is 0.302 e. The summed E-state index contributed by atoms with van der Waals surface area (Å²) in [6.45, 7) is 13.0. The molecule has 1 aliphatic carbocycles. The molecule has 0 saturated carbocycles. The highest BCUT2D eigenvalue weighted by Crippen LogP contribution is 2.44. The van der Waals surface area contributed by atoms with Crippen molar-refractivity contribution < 1.29 is 4.79 Å². The van der Waals surface area contributed by atoms with Crippen LogP contribution in [0.4, 0.5) is 0 Å². The number of rotatable bonds is 2. The summed E-state index contributed by atoms with van der Waals surface area (Å²) in [7, 11) is 0. The Morgan fingerprint density at radius 1 is 0.875 bits per heavy atom. The molecule has 0 saturated heterocycles. The van der Waals surface area contributed by atoms with Crippen LogP contribution in [0.1, 0.15) is 47.1 Å². The summed E-state index contributed by atoms with van der Waals surface area (Å²) < 4.78 is 0. The van der Waals surface area contributed by atoms with Gasteiger partial charge < -0.3 is 4.79 Å². The summed E-state index contributed by atoms with van der Waals surface area (Å²) in [5.74, 6) is -0.146. The second-order valence-electron chi connectivity index (χ2n) is 8.51. The fraction of sp³-hybridized carbons (Fsp3) is 0.409. The Hall–Kier alpha value is -1.60. The van der Waals surface area contributed by atoms with Crippen LogP contribution in [0.2, 0.25) is 5.02 Å². The molecule has 0 radical (unpaired) electrons. The zero-order valence-electron chi connectivity index (χ0n) is 15.5. The number of hydrogen-bond acceptors (Lipinski definition) is 1. The topological polar surface area (TPSA) is 17.1 Å². The third-order valence-corrected chi connectivity index (χ3v) is 4.64. The summed E-state index contributed by atoms with van der Waals surface area (Å²) in [6, 6.07) is 7.81. The average Bonchev–Trinajstić information content (AvgIpc) is 2.47. The highest BCUT2D eigenvalue weighted by atomic mass is 35.5. The lowest BCUT2D eigenvalue weighted by Gasteiger charge is -2.37. The van der Waals surface area contributed by atoms with Gasteiger partial charge in [-0.25, -0.2) is 0 Å². The minimum atomic E-state index is -0.146. The molecular weight excluding hydrogens is 316 g/mol. The van der Waals surface area contributed by atoms with Gasteiger partial charge in [-0.05, 0) is 51.3 Å². The first-order valence-electron chi connectivity index (χ1n) is 8.39.